The monoisotopic (exact) mass is 603 g/mol. The van der Waals surface area contributed by atoms with E-state index in [0.29, 0.717) is 19.3 Å². The van der Waals surface area contributed by atoms with Crippen molar-refractivity contribution in [3.05, 3.63) is 24.3 Å². The maximum absolute atomic E-state index is 12.3. The first-order valence-corrected chi connectivity index (χ1v) is 18.8. The van der Waals surface area contributed by atoms with E-state index in [9.17, 15) is 9.59 Å². The number of esters is 2. The Morgan fingerprint density at radius 2 is 0.767 bits per heavy atom. The Balaban J connectivity index is 1.88. The highest BCUT2D eigenvalue weighted by Gasteiger charge is 2.29. The van der Waals surface area contributed by atoms with Crippen LogP contribution in [0.2, 0.25) is 0 Å². The number of carbonyl (C=O) groups is 2. The summed E-state index contributed by atoms with van der Waals surface area (Å²) in [6, 6.07) is 0. The smallest absolute Gasteiger partial charge is 0.306 e. The van der Waals surface area contributed by atoms with E-state index in [4.69, 9.17) is 9.47 Å². The first kappa shape index (κ1) is 39.4. The number of unbranched alkanes of at least 4 members (excludes halogenated alkanes) is 20. The molecule has 0 bridgehead atoms. The van der Waals surface area contributed by atoms with Gasteiger partial charge in [-0.05, 0) is 64.2 Å². The van der Waals surface area contributed by atoms with E-state index in [-0.39, 0.29) is 24.1 Å². The quantitative estimate of drug-likeness (QED) is 0.0466. The summed E-state index contributed by atoms with van der Waals surface area (Å²) in [4.78, 5) is 24.5. The minimum atomic E-state index is -0.0804. The first-order valence-electron chi connectivity index (χ1n) is 18.8. The lowest BCUT2D eigenvalue weighted by molar-refractivity contribution is -0.151. The van der Waals surface area contributed by atoms with E-state index >= 15 is 0 Å². The van der Waals surface area contributed by atoms with Crippen molar-refractivity contribution in [1.82, 2.24) is 0 Å². The standard InChI is InChI=1S/C39H70O4/c1-3-5-7-9-11-13-15-17-19-21-23-25-27-29-31-38(40)42-36-33-34-37(35-36)43-39(41)32-30-28-26-24-22-20-18-16-14-12-10-8-6-4-2/h9-12,36-37H,3-8,13-35H2,1-2H3. The van der Waals surface area contributed by atoms with Gasteiger partial charge in [0.25, 0.3) is 0 Å². The van der Waals surface area contributed by atoms with Gasteiger partial charge in [-0.25, -0.2) is 0 Å². The molecule has 2 unspecified atom stereocenters. The average molecular weight is 603 g/mol. The number of ether oxygens (including phenoxy) is 2. The highest BCUT2D eigenvalue weighted by molar-refractivity contribution is 5.70. The molecule has 0 aromatic rings. The highest BCUT2D eigenvalue weighted by Crippen LogP contribution is 2.26. The van der Waals surface area contributed by atoms with Crippen molar-refractivity contribution in [3.8, 4) is 0 Å². The van der Waals surface area contributed by atoms with Crippen LogP contribution in [-0.2, 0) is 19.1 Å². The third-order valence-corrected chi connectivity index (χ3v) is 8.72. The minimum Gasteiger partial charge on any atom is -0.462 e. The lowest BCUT2D eigenvalue weighted by atomic mass is 10.1. The minimum absolute atomic E-state index is 0.0798. The molecule has 0 aromatic carbocycles. The van der Waals surface area contributed by atoms with E-state index in [1.807, 2.05) is 0 Å². The van der Waals surface area contributed by atoms with Gasteiger partial charge in [0.05, 0.1) is 0 Å². The second kappa shape index (κ2) is 30.4. The summed E-state index contributed by atoms with van der Waals surface area (Å²) in [5.41, 5.74) is 0. The maximum Gasteiger partial charge on any atom is 0.306 e. The zero-order chi connectivity index (χ0) is 31.1. The maximum atomic E-state index is 12.3. The number of carbonyl (C=O) groups excluding carboxylic acids is 2. The fourth-order valence-electron chi connectivity index (χ4n) is 5.90. The molecule has 0 aliphatic heterocycles. The molecule has 0 N–H and O–H groups in total. The molecule has 1 rings (SSSR count). The molecular formula is C39H70O4. The van der Waals surface area contributed by atoms with Gasteiger partial charge < -0.3 is 9.47 Å². The molecule has 0 heterocycles. The predicted octanol–water partition coefficient (Wildman–Crippen LogP) is 12.3. The molecule has 1 aliphatic rings. The molecule has 250 valence electrons. The van der Waals surface area contributed by atoms with Crippen LogP contribution >= 0.6 is 0 Å². The summed E-state index contributed by atoms with van der Waals surface area (Å²) in [5, 5.41) is 0. The van der Waals surface area contributed by atoms with Gasteiger partial charge in [0.2, 0.25) is 0 Å². The van der Waals surface area contributed by atoms with E-state index < -0.39 is 0 Å². The van der Waals surface area contributed by atoms with Crippen molar-refractivity contribution in [2.24, 2.45) is 0 Å². The fourth-order valence-corrected chi connectivity index (χ4v) is 5.90. The molecule has 2 atom stereocenters. The van der Waals surface area contributed by atoms with Crippen molar-refractivity contribution in [1.29, 1.82) is 0 Å². The third kappa shape index (κ3) is 26.5. The van der Waals surface area contributed by atoms with Crippen LogP contribution in [0.25, 0.3) is 0 Å². The van der Waals surface area contributed by atoms with Crippen LogP contribution in [0.4, 0.5) is 0 Å². The summed E-state index contributed by atoms with van der Waals surface area (Å²) in [6.45, 7) is 4.49. The number of rotatable bonds is 30. The van der Waals surface area contributed by atoms with Gasteiger partial charge in [-0.1, -0.05) is 141 Å². The summed E-state index contributed by atoms with van der Waals surface area (Å²) >= 11 is 0. The Bertz CT molecular complexity index is 639. The van der Waals surface area contributed by atoms with Gasteiger partial charge in [-0.3, -0.25) is 9.59 Å². The van der Waals surface area contributed by atoms with Gasteiger partial charge in [-0.2, -0.15) is 0 Å². The second-order valence-corrected chi connectivity index (χ2v) is 13.0. The van der Waals surface area contributed by atoms with Gasteiger partial charge in [0, 0.05) is 19.3 Å². The summed E-state index contributed by atoms with van der Waals surface area (Å²) < 4.78 is 11.4. The molecule has 1 saturated carbocycles. The lowest BCUT2D eigenvalue weighted by Crippen LogP contribution is -2.19. The first-order chi connectivity index (χ1) is 21.2. The Morgan fingerprint density at radius 3 is 1.12 bits per heavy atom. The normalized spacial score (nSPS) is 16.9. The van der Waals surface area contributed by atoms with Crippen LogP contribution in [0.3, 0.4) is 0 Å². The Kier molecular flexibility index (Phi) is 27.9. The summed E-state index contributed by atoms with van der Waals surface area (Å²) in [7, 11) is 0. The zero-order valence-corrected chi connectivity index (χ0v) is 28.6. The molecule has 4 heteroatoms. The van der Waals surface area contributed by atoms with Gasteiger partial charge in [0.15, 0.2) is 0 Å². The predicted molar refractivity (Wildman–Crippen MR) is 183 cm³/mol. The van der Waals surface area contributed by atoms with Crippen molar-refractivity contribution >= 4 is 11.9 Å². The third-order valence-electron chi connectivity index (χ3n) is 8.72. The highest BCUT2D eigenvalue weighted by atomic mass is 16.6. The molecule has 0 aromatic heterocycles. The van der Waals surface area contributed by atoms with Gasteiger partial charge in [-0.15, -0.1) is 0 Å². The van der Waals surface area contributed by atoms with Crippen LogP contribution in [0.1, 0.15) is 200 Å². The van der Waals surface area contributed by atoms with Crippen molar-refractivity contribution in [3.63, 3.8) is 0 Å². The van der Waals surface area contributed by atoms with Crippen molar-refractivity contribution in [2.45, 2.75) is 212 Å². The van der Waals surface area contributed by atoms with Crippen LogP contribution < -0.4 is 0 Å². The SMILES string of the molecule is CCCCC=CCCCCCCCCCCC(=O)OC1CCC(OC(=O)CCCCCCCCCCC=CCCCC)C1. The number of hydrogen-bond acceptors (Lipinski definition) is 4. The number of allylic oxidation sites excluding steroid dienone is 4. The van der Waals surface area contributed by atoms with Crippen molar-refractivity contribution in [2.75, 3.05) is 0 Å². The van der Waals surface area contributed by atoms with Gasteiger partial charge in [0.1, 0.15) is 12.2 Å². The fraction of sp³-hybridized carbons (Fsp3) is 0.846. The molecule has 0 spiro atoms. The molecule has 43 heavy (non-hydrogen) atoms. The van der Waals surface area contributed by atoms with Crippen molar-refractivity contribution < 1.29 is 19.1 Å². The van der Waals surface area contributed by atoms with Crippen LogP contribution in [0.15, 0.2) is 24.3 Å². The van der Waals surface area contributed by atoms with Crippen LogP contribution in [0.5, 0.6) is 0 Å². The molecule has 0 amide bonds. The van der Waals surface area contributed by atoms with Crippen LogP contribution in [-0.4, -0.2) is 24.1 Å². The molecule has 0 saturated heterocycles. The topological polar surface area (TPSA) is 52.6 Å². The van der Waals surface area contributed by atoms with Gasteiger partial charge >= 0.3 is 11.9 Å². The Labute approximate surface area is 267 Å². The molecule has 1 fully saturated rings. The van der Waals surface area contributed by atoms with E-state index in [1.54, 1.807) is 0 Å². The zero-order valence-electron chi connectivity index (χ0n) is 28.6. The Hall–Kier alpha value is -1.58. The number of hydrogen-bond donors (Lipinski definition) is 0. The largest absolute Gasteiger partial charge is 0.462 e. The second-order valence-electron chi connectivity index (χ2n) is 13.0. The van der Waals surface area contributed by atoms with E-state index in [0.717, 1.165) is 38.5 Å². The lowest BCUT2D eigenvalue weighted by Gasteiger charge is -2.14. The van der Waals surface area contributed by atoms with E-state index in [2.05, 4.69) is 38.2 Å². The summed E-state index contributed by atoms with van der Waals surface area (Å²) in [5.74, 6) is -0.161. The van der Waals surface area contributed by atoms with E-state index in [1.165, 1.54) is 128 Å². The molecule has 1 aliphatic carbocycles. The molecular weight excluding hydrogens is 532 g/mol. The summed E-state index contributed by atoms with van der Waals surface area (Å²) in [6.07, 6.45) is 42.3. The molecule has 4 nitrogen and oxygen atoms in total. The Morgan fingerprint density at radius 1 is 0.465 bits per heavy atom. The van der Waals surface area contributed by atoms with Crippen LogP contribution in [0, 0.1) is 0 Å². The average Bonchev–Trinajstić information content (AvgIpc) is 3.43. The molecule has 0 radical (unpaired) electrons.